The zero-order valence-corrected chi connectivity index (χ0v) is 15.5. The van der Waals surface area contributed by atoms with Crippen LogP contribution in [0.1, 0.15) is 66.2 Å². The Kier molecular flexibility index (Phi) is 9.12. The van der Waals surface area contributed by atoms with Gasteiger partial charge in [-0.2, -0.15) is 16.8 Å². The average Bonchev–Trinajstić information content (AvgIpc) is 2.36. The highest BCUT2D eigenvalue weighted by atomic mass is 32.2. The summed E-state index contributed by atoms with van der Waals surface area (Å²) in [6.07, 6.45) is 3.40. The van der Waals surface area contributed by atoms with E-state index in [0.717, 1.165) is 12.8 Å². The van der Waals surface area contributed by atoms with Crippen molar-refractivity contribution in [2.45, 2.75) is 76.7 Å². The molecule has 4 atom stereocenters. The highest BCUT2D eigenvalue weighted by Crippen LogP contribution is 2.31. The molecule has 0 saturated heterocycles. The molecule has 0 aliphatic carbocycles. The van der Waals surface area contributed by atoms with Crippen molar-refractivity contribution in [3.63, 3.8) is 0 Å². The lowest BCUT2D eigenvalue weighted by Crippen LogP contribution is -2.39. The van der Waals surface area contributed by atoms with Gasteiger partial charge in [-0.1, -0.05) is 53.4 Å². The molecule has 0 saturated carbocycles. The van der Waals surface area contributed by atoms with Gasteiger partial charge >= 0.3 is 0 Å². The largest absolute Gasteiger partial charge is 0.285 e. The number of hydrogen-bond donors (Lipinski definition) is 2. The van der Waals surface area contributed by atoms with Crippen LogP contribution in [0, 0.1) is 11.8 Å². The molecule has 6 nitrogen and oxygen atoms in total. The van der Waals surface area contributed by atoms with E-state index in [1.54, 1.807) is 13.8 Å². The van der Waals surface area contributed by atoms with Gasteiger partial charge < -0.3 is 0 Å². The van der Waals surface area contributed by atoms with Crippen LogP contribution in [0.5, 0.6) is 0 Å². The molecule has 22 heavy (non-hydrogen) atoms. The maximum atomic E-state index is 11.6. The second-order valence-electron chi connectivity index (χ2n) is 6.11. The Morgan fingerprint density at radius 2 is 1.00 bits per heavy atom. The van der Waals surface area contributed by atoms with E-state index < -0.39 is 42.6 Å². The third kappa shape index (κ3) is 6.93. The predicted octanol–water partition coefficient (Wildman–Crippen LogP) is 3.15. The molecule has 0 aromatic carbocycles. The van der Waals surface area contributed by atoms with Crippen molar-refractivity contribution in [2.75, 3.05) is 0 Å². The molecule has 8 heteroatoms. The molecule has 0 aromatic rings. The lowest BCUT2D eigenvalue weighted by Gasteiger charge is -2.31. The van der Waals surface area contributed by atoms with Gasteiger partial charge in [0.15, 0.2) is 0 Å². The summed E-state index contributed by atoms with van der Waals surface area (Å²) < 4.78 is 65.3. The summed E-state index contributed by atoms with van der Waals surface area (Å²) in [5, 5.41) is -2.01. The first kappa shape index (κ1) is 21.8. The van der Waals surface area contributed by atoms with Gasteiger partial charge in [0, 0.05) is 0 Å². The van der Waals surface area contributed by atoms with Gasteiger partial charge in [0.1, 0.15) is 0 Å². The summed E-state index contributed by atoms with van der Waals surface area (Å²) in [4.78, 5) is 0. The van der Waals surface area contributed by atoms with E-state index in [1.807, 2.05) is 13.8 Å². The van der Waals surface area contributed by atoms with Crippen LogP contribution in [-0.2, 0) is 20.2 Å². The SMILES string of the molecule is CCCCC(C(C)C(C)C(CCCC)S(=O)(=O)O)S(=O)(=O)O. The molecule has 4 unspecified atom stereocenters. The molecule has 0 amide bonds. The summed E-state index contributed by atoms with van der Waals surface area (Å²) in [5.41, 5.74) is 0. The maximum Gasteiger partial charge on any atom is 0.268 e. The van der Waals surface area contributed by atoms with Crippen molar-refractivity contribution in [1.29, 1.82) is 0 Å². The minimum Gasteiger partial charge on any atom is -0.285 e. The maximum absolute atomic E-state index is 11.6. The summed E-state index contributed by atoms with van der Waals surface area (Å²) >= 11 is 0. The summed E-state index contributed by atoms with van der Waals surface area (Å²) in [7, 11) is -8.51. The fourth-order valence-corrected chi connectivity index (χ4v) is 5.36. The van der Waals surface area contributed by atoms with Gasteiger partial charge in [0.05, 0.1) is 10.5 Å². The van der Waals surface area contributed by atoms with Crippen LogP contribution in [0.15, 0.2) is 0 Å². The van der Waals surface area contributed by atoms with Crippen molar-refractivity contribution in [3.05, 3.63) is 0 Å². The van der Waals surface area contributed by atoms with Gasteiger partial charge in [-0.15, -0.1) is 0 Å². The van der Waals surface area contributed by atoms with E-state index in [0.29, 0.717) is 12.8 Å². The van der Waals surface area contributed by atoms with E-state index in [9.17, 15) is 25.9 Å². The quantitative estimate of drug-likeness (QED) is 0.549. The van der Waals surface area contributed by atoms with Gasteiger partial charge in [0.2, 0.25) is 0 Å². The Morgan fingerprint density at radius 3 is 1.18 bits per heavy atom. The van der Waals surface area contributed by atoms with Crippen LogP contribution < -0.4 is 0 Å². The molecule has 0 fully saturated rings. The van der Waals surface area contributed by atoms with Crippen LogP contribution >= 0.6 is 0 Å². The minimum absolute atomic E-state index is 0.285. The van der Waals surface area contributed by atoms with Crippen molar-refractivity contribution in [2.24, 2.45) is 11.8 Å². The first-order valence-electron chi connectivity index (χ1n) is 7.89. The van der Waals surface area contributed by atoms with Crippen molar-refractivity contribution >= 4 is 20.2 Å². The van der Waals surface area contributed by atoms with E-state index in [1.165, 1.54) is 0 Å². The van der Waals surface area contributed by atoms with Crippen molar-refractivity contribution in [3.8, 4) is 0 Å². The Hall–Kier alpha value is -0.180. The van der Waals surface area contributed by atoms with E-state index in [-0.39, 0.29) is 12.8 Å². The zero-order chi connectivity index (χ0) is 17.6. The zero-order valence-electron chi connectivity index (χ0n) is 13.9. The van der Waals surface area contributed by atoms with Crippen LogP contribution in [0.25, 0.3) is 0 Å². The molecule has 0 aliphatic heterocycles. The van der Waals surface area contributed by atoms with Crippen LogP contribution in [0.3, 0.4) is 0 Å². The van der Waals surface area contributed by atoms with E-state index in [2.05, 4.69) is 0 Å². The molecular weight excluding hydrogens is 328 g/mol. The molecule has 134 valence electrons. The molecule has 2 N–H and O–H groups in total. The molecule has 0 bridgehead atoms. The summed E-state index contributed by atoms with van der Waals surface area (Å²) in [6, 6.07) is 0. The number of rotatable bonds is 11. The van der Waals surface area contributed by atoms with Gasteiger partial charge in [-0.05, 0) is 24.7 Å². The monoisotopic (exact) mass is 358 g/mol. The molecule has 0 radical (unpaired) electrons. The Labute approximate surface area is 135 Å². The molecule has 0 aromatic heterocycles. The Bertz CT molecular complexity index is 463. The molecular formula is C14H30O6S2. The molecule has 0 aliphatic rings. The van der Waals surface area contributed by atoms with Gasteiger partial charge in [0.25, 0.3) is 20.2 Å². The van der Waals surface area contributed by atoms with Crippen molar-refractivity contribution < 1.29 is 25.9 Å². The highest BCUT2D eigenvalue weighted by Gasteiger charge is 2.39. The Morgan fingerprint density at radius 1 is 0.727 bits per heavy atom. The van der Waals surface area contributed by atoms with E-state index >= 15 is 0 Å². The lowest BCUT2D eigenvalue weighted by atomic mass is 9.86. The fourth-order valence-electron chi connectivity index (χ4n) is 2.85. The van der Waals surface area contributed by atoms with E-state index in [4.69, 9.17) is 0 Å². The minimum atomic E-state index is -4.26. The number of unbranched alkanes of at least 4 members (excludes halogenated alkanes) is 2. The normalized spacial score (nSPS) is 18.6. The van der Waals surface area contributed by atoms with Gasteiger partial charge in [-0.25, -0.2) is 0 Å². The van der Waals surface area contributed by atoms with Crippen molar-refractivity contribution in [1.82, 2.24) is 0 Å². The second-order valence-corrected chi connectivity index (χ2v) is 9.38. The third-order valence-corrected chi connectivity index (χ3v) is 7.31. The first-order valence-corrected chi connectivity index (χ1v) is 10.9. The third-order valence-electron chi connectivity index (χ3n) is 4.45. The standard InChI is InChI=1S/C14H30O6S2/c1-5-7-9-13(21(15,16)17)11(3)12(4)14(10-8-6-2)22(18,19)20/h11-14H,5-10H2,1-4H3,(H,15,16,17)(H,18,19,20). The average molecular weight is 359 g/mol. The van der Waals surface area contributed by atoms with Crippen LogP contribution in [0.2, 0.25) is 0 Å². The smallest absolute Gasteiger partial charge is 0.268 e. The van der Waals surface area contributed by atoms with Crippen LogP contribution in [0.4, 0.5) is 0 Å². The molecule has 0 spiro atoms. The predicted molar refractivity (Wildman–Crippen MR) is 88.1 cm³/mol. The highest BCUT2D eigenvalue weighted by molar-refractivity contribution is 7.86. The lowest BCUT2D eigenvalue weighted by molar-refractivity contribution is 0.302. The summed E-state index contributed by atoms with van der Waals surface area (Å²) in [6.45, 7) is 7.08. The Balaban J connectivity index is 5.35. The molecule has 0 heterocycles. The first-order chi connectivity index (χ1) is 9.96. The second kappa shape index (κ2) is 9.20. The van der Waals surface area contributed by atoms with Crippen LogP contribution in [-0.4, -0.2) is 36.4 Å². The molecule has 0 rings (SSSR count). The number of hydrogen-bond acceptors (Lipinski definition) is 4. The fraction of sp³-hybridized carbons (Fsp3) is 1.00. The van der Waals surface area contributed by atoms with Gasteiger partial charge in [-0.3, -0.25) is 9.11 Å². The topological polar surface area (TPSA) is 109 Å². The summed E-state index contributed by atoms with van der Waals surface area (Å²) in [5.74, 6) is -1.13.